The molecule has 2 aromatic carbocycles. The first-order valence-electron chi connectivity index (χ1n) is 7.76. The topological polar surface area (TPSA) is 35.2 Å². The third kappa shape index (κ3) is 3.52. The van der Waals surface area contributed by atoms with Crippen molar-refractivity contribution in [2.24, 2.45) is 5.73 Å². The molecule has 0 saturated carbocycles. The Morgan fingerprint density at radius 1 is 1.00 bits per heavy atom. The molecule has 1 saturated heterocycles. The minimum Gasteiger partial charge on any atom is -0.373 e. The molecule has 2 aromatic rings. The Morgan fingerprint density at radius 3 is 2.29 bits per heavy atom. The number of hydrogen-bond acceptors (Lipinski definition) is 2. The van der Waals surface area contributed by atoms with Gasteiger partial charge < -0.3 is 10.5 Å². The van der Waals surface area contributed by atoms with Crippen LogP contribution in [0.5, 0.6) is 0 Å². The van der Waals surface area contributed by atoms with Crippen LogP contribution in [0.2, 0.25) is 0 Å². The van der Waals surface area contributed by atoms with Gasteiger partial charge in [0.25, 0.3) is 0 Å². The minimum atomic E-state index is -0.0132. The fraction of sp³-hybridized carbons (Fsp3) is 0.368. The molecule has 0 bridgehead atoms. The highest BCUT2D eigenvalue weighted by molar-refractivity contribution is 5.30. The molecule has 1 fully saturated rings. The lowest BCUT2D eigenvalue weighted by Gasteiger charge is -2.20. The van der Waals surface area contributed by atoms with E-state index in [-0.39, 0.29) is 12.1 Å². The lowest BCUT2D eigenvalue weighted by Crippen LogP contribution is -2.26. The van der Waals surface area contributed by atoms with Crippen LogP contribution in [0.25, 0.3) is 0 Å². The molecule has 2 heteroatoms. The average molecular weight is 281 g/mol. The van der Waals surface area contributed by atoms with Gasteiger partial charge in [-0.1, -0.05) is 54.6 Å². The van der Waals surface area contributed by atoms with E-state index >= 15 is 0 Å². The Labute approximate surface area is 126 Å². The van der Waals surface area contributed by atoms with Gasteiger partial charge in [-0.2, -0.15) is 0 Å². The fourth-order valence-corrected chi connectivity index (χ4v) is 3.00. The van der Waals surface area contributed by atoms with Gasteiger partial charge in [-0.3, -0.25) is 0 Å². The van der Waals surface area contributed by atoms with E-state index in [0.717, 1.165) is 19.3 Å². The molecule has 3 unspecified atom stereocenters. The SMILES string of the molecule is CC1CCC(C(N)c2ccc(Cc3ccccc3)cc2)O1. The van der Waals surface area contributed by atoms with Crippen LogP contribution in [0.15, 0.2) is 54.6 Å². The van der Waals surface area contributed by atoms with Gasteiger partial charge in [-0.05, 0) is 42.9 Å². The Balaban J connectivity index is 1.66. The molecular formula is C19H23NO. The summed E-state index contributed by atoms with van der Waals surface area (Å²) in [6, 6.07) is 19.2. The molecule has 3 atom stereocenters. The summed E-state index contributed by atoms with van der Waals surface area (Å²) in [5.74, 6) is 0. The van der Waals surface area contributed by atoms with Gasteiger partial charge in [0, 0.05) is 0 Å². The monoisotopic (exact) mass is 281 g/mol. The standard InChI is InChI=1S/C19H23NO/c1-14-7-12-18(21-14)19(20)17-10-8-16(9-11-17)13-15-5-3-2-4-6-15/h2-6,8-11,14,18-19H,7,12-13,20H2,1H3. The number of hydrogen-bond donors (Lipinski definition) is 1. The van der Waals surface area contributed by atoms with Crippen molar-refractivity contribution in [2.45, 2.75) is 44.4 Å². The molecule has 1 aliphatic heterocycles. The zero-order chi connectivity index (χ0) is 14.7. The lowest BCUT2D eigenvalue weighted by atomic mass is 9.97. The molecule has 1 aliphatic rings. The molecule has 0 aliphatic carbocycles. The van der Waals surface area contributed by atoms with Crippen LogP contribution >= 0.6 is 0 Å². The Hall–Kier alpha value is -1.64. The fourth-order valence-electron chi connectivity index (χ4n) is 3.00. The zero-order valence-corrected chi connectivity index (χ0v) is 12.5. The summed E-state index contributed by atoms with van der Waals surface area (Å²) in [5, 5.41) is 0. The van der Waals surface area contributed by atoms with Crippen molar-refractivity contribution in [3.05, 3.63) is 71.3 Å². The van der Waals surface area contributed by atoms with Crippen molar-refractivity contribution >= 4 is 0 Å². The summed E-state index contributed by atoms with van der Waals surface area (Å²) in [4.78, 5) is 0. The van der Waals surface area contributed by atoms with Crippen molar-refractivity contribution in [3.8, 4) is 0 Å². The van der Waals surface area contributed by atoms with Gasteiger partial charge in [-0.15, -0.1) is 0 Å². The maximum atomic E-state index is 6.34. The molecule has 0 amide bonds. The van der Waals surface area contributed by atoms with Crippen LogP contribution in [0, 0.1) is 0 Å². The second-order valence-corrected chi connectivity index (χ2v) is 5.99. The van der Waals surface area contributed by atoms with Crippen LogP contribution in [-0.4, -0.2) is 12.2 Å². The van der Waals surface area contributed by atoms with E-state index in [2.05, 4.69) is 55.5 Å². The van der Waals surface area contributed by atoms with Crippen LogP contribution < -0.4 is 5.73 Å². The number of ether oxygens (including phenoxy) is 1. The molecule has 3 rings (SSSR count). The second-order valence-electron chi connectivity index (χ2n) is 5.99. The molecular weight excluding hydrogens is 258 g/mol. The van der Waals surface area contributed by atoms with E-state index in [1.54, 1.807) is 0 Å². The highest BCUT2D eigenvalue weighted by Crippen LogP contribution is 2.28. The summed E-state index contributed by atoms with van der Waals surface area (Å²) < 4.78 is 5.88. The predicted octanol–water partition coefficient (Wildman–Crippen LogP) is 3.84. The lowest BCUT2D eigenvalue weighted by molar-refractivity contribution is 0.0401. The highest BCUT2D eigenvalue weighted by atomic mass is 16.5. The van der Waals surface area contributed by atoms with Crippen molar-refractivity contribution in [3.63, 3.8) is 0 Å². The zero-order valence-electron chi connectivity index (χ0n) is 12.5. The van der Waals surface area contributed by atoms with Gasteiger partial charge in [0.05, 0.1) is 18.2 Å². The van der Waals surface area contributed by atoms with Crippen LogP contribution in [0.1, 0.15) is 42.5 Å². The highest BCUT2D eigenvalue weighted by Gasteiger charge is 2.28. The van der Waals surface area contributed by atoms with E-state index in [1.165, 1.54) is 16.7 Å². The first-order chi connectivity index (χ1) is 10.2. The van der Waals surface area contributed by atoms with Gasteiger partial charge >= 0.3 is 0 Å². The molecule has 0 aromatic heterocycles. The minimum absolute atomic E-state index is 0.0132. The van der Waals surface area contributed by atoms with Crippen molar-refractivity contribution in [1.82, 2.24) is 0 Å². The molecule has 1 heterocycles. The summed E-state index contributed by atoms with van der Waals surface area (Å²) in [5.41, 5.74) is 10.2. The summed E-state index contributed by atoms with van der Waals surface area (Å²) >= 11 is 0. The van der Waals surface area contributed by atoms with Crippen molar-refractivity contribution < 1.29 is 4.74 Å². The maximum absolute atomic E-state index is 6.34. The first kappa shape index (κ1) is 14.3. The average Bonchev–Trinajstić information content (AvgIpc) is 2.95. The largest absolute Gasteiger partial charge is 0.373 e. The third-order valence-electron chi connectivity index (χ3n) is 4.28. The van der Waals surface area contributed by atoms with Crippen molar-refractivity contribution in [2.75, 3.05) is 0 Å². The van der Waals surface area contributed by atoms with Gasteiger partial charge in [-0.25, -0.2) is 0 Å². The van der Waals surface area contributed by atoms with Gasteiger partial charge in [0.15, 0.2) is 0 Å². The third-order valence-corrected chi connectivity index (χ3v) is 4.28. The predicted molar refractivity (Wildman–Crippen MR) is 86.2 cm³/mol. The Bertz CT molecular complexity index is 564. The van der Waals surface area contributed by atoms with E-state index in [0.29, 0.717) is 6.10 Å². The first-order valence-corrected chi connectivity index (χ1v) is 7.76. The maximum Gasteiger partial charge on any atom is 0.0772 e. The van der Waals surface area contributed by atoms with E-state index in [4.69, 9.17) is 10.5 Å². The molecule has 110 valence electrons. The van der Waals surface area contributed by atoms with Crippen LogP contribution in [0.3, 0.4) is 0 Å². The molecule has 0 spiro atoms. The van der Waals surface area contributed by atoms with Crippen LogP contribution in [0.4, 0.5) is 0 Å². The summed E-state index contributed by atoms with van der Waals surface area (Å²) in [6.45, 7) is 2.12. The van der Waals surface area contributed by atoms with Crippen LogP contribution in [-0.2, 0) is 11.2 Å². The van der Waals surface area contributed by atoms with E-state index < -0.39 is 0 Å². The normalized spacial score (nSPS) is 23.1. The number of nitrogens with two attached hydrogens (primary N) is 1. The molecule has 0 radical (unpaired) electrons. The van der Waals surface area contributed by atoms with E-state index in [1.807, 2.05) is 6.07 Å². The van der Waals surface area contributed by atoms with Gasteiger partial charge in [0.1, 0.15) is 0 Å². The number of rotatable bonds is 4. The van der Waals surface area contributed by atoms with E-state index in [9.17, 15) is 0 Å². The molecule has 21 heavy (non-hydrogen) atoms. The second kappa shape index (κ2) is 6.42. The van der Waals surface area contributed by atoms with Crippen molar-refractivity contribution in [1.29, 1.82) is 0 Å². The summed E-state index contributed by atoms with van der Waals surface area (Å²) in [7, 11) is 0. The Morgan fingerprint density at radius 2 is 1.67 bits per heavy atom. The van der Waals surface area contributed by atoms with Gasteiger partial charge in [0.2, 0.25) is 0 Å². The molecule has 2 nitrogen and oxygen atoms in total. The number of benzene rings is 2. The quantitative estimate of drug-likeness (QED) is 0.924. The Kier molecular flexibility index (Phi) is 4.37. The molecule has 2 N–H and O–H groups in total. The summed E-state index contributed by atoms with van der Waals surface area (Å²) in [6.07, 6.45) is 3.66. The smallest absolute Gasteiger partial charge is 0.0772 e.